The van der Waals surface area contributed by atoms with Crippen LogP contribution in [0.2, 0.25) is 0 Å². The van der Waals surface area contributed by atoms with Gasteiger partial charge in [0.05, 0.1) is 0 Å². The van der Waals surface area contributed by atoms with E-state index in [1.807, 2.05) is 25.1 Å². The molecule has 0 atom stereocenters. The highest BCUT2D eigenvalue weighted by atomic mass is 16.4. The third-order valence-corrected chi connectivity index (χ3v) is 2.23. The van der Waals surface area contributed by atoms with E-state index in [0.29, 0.717) is 5.69 Å². The molecule has 0 bridgehead atoms. The van der Waals surface area contributed by atoms with Crippen LogP contribution in [0.5, 0.6) is 0 Å². The molecule has 2 rings (SSSR count). The number of carboxylic acid groups (broad SMARTS) is 1. The molecule has 82 valence electrons. The van der Waals surface area contributed by atoms with Crippen LogP contribution in [0.1, 0.15) is 16.1 Å². The van der Waals surface area contributed by atoms with Gasteiger partial charge in [-0.3, -0.25) is 0 Å². The summed E-state index contributed by atoms with van der Waals surface area (Å²) in [6.07, 6.45) is 0. The number of aromatic carboxylic acids is 1. The van der Waals surface area contributed by atoms with E-state index >= 15 is 0 Å². The minimum Gasteiger partial charge on any atom is -0.477 e. The van der Waals surface area contributed by atoms with Gasteiger partial charge in [-0.1, -0.05) is 23.8 Å². The van der Waals surface area contributed by atoms with Crippen LogP contribution in [0.25, 0.3) is 11.3 Å². The molecule has 0 fully saturated rings. The number of rotatable bonds is 2. The van der Waals surface area contributed by atoms with E-state index in [9.17, 15) is 4.79 Å². The number of nitrogen functional groups attached to an aromatic ring is 1. The standard InChI is InChI=1S/C11H11N3O2/c1-6-3-2-4-7(5-6)8-9(10(15)16)14-11(12)13-8/h2-5H,1H3,(H,15,16)(H3,12,13,14). The number of hydrogen-bond acceptors (Lipinski definition) is 3. The number of benzene rings is 1. The topological polar surface area (TPSA) is 92.0 Å². The average molecular weight is 217 g/mol. The highest BCUT2D eigenvalue weighted by Gasteiger charge is 2.16. The average Bonchev–Trinajstić information content (AvgIpc) is 2.60. The van der Waals surface area contributed by atoms with Crippen molar-refractivity contribution in [1.82, 2.24) is 9.97 Å². The fraction of sp³-hybridized carbons (Fsp3) is 0.0909. The lowest BCUT2D eigenvalue weighted by atomic mass is 10.1. The van der Waals surface area contributed by atoms with E-state index in [-0.39, 0.29) is 11.6 Å². The Morgan fingerprint density at radius 1 is 1.50 bits per heavy atom. The number of carbonyl (C=O) groups is 1. The van der Waals surface area contributed by atoms with Crippen LogP contribution in [0.15, 0.2) is 24.3 Å². The van der Waals surface area contributed by atoms with E-state index in [1.165, 1.54) is 0 Å². The second-order valence-corrected chi connectivity index (χ2v) is 3.52. The molecule has 5 nitrogen and oxygen atoms in total. The molecular formula is C11H11N3O2. The Bertz CT molecular complexity index is 546. The van der Waals surface area contributed by atoms with E-state index in [1.54, 1.807) is 6.07 Å². The molecule has 0 spiro atoms. The summed E-state index contributed by atoms with van der Waals surface area (Å²) in [7, 11) is 0. The molecule has 1 aromatic heterocycles. The summed E-state index contributed by atoms with van der Waals surface area (Å²) >= 11 is 0. The van der Waals surface area contributed by atoms with Gasteiger partial charge in [0.25, 0.3) is 0 Å². The Hall–Kier alpha value is -2.30. The van der Waals surface area contributed by atoms with Crippen molar-refractivity contribution in [1.29, 1.82) is 0 Å². The summed E-state index contributed by atoms with van der Waals surface area (Å²) in [6, 6.07) is 7.44. The third kappa shape index (κ3) is 1.75. The molecule has 0 unspecified atom stereocenters. The Morgan fingerprint density at radius 2 is 2.25 bits per heavy atom. The zero-order valence-corrected chi connectivity index (χ0v) is 8.69. The minimum absolute atomic E-state index is 0.0168. The number of hydrogen-bond donors (Lipinski definition) is 3. The maximum absolute atomic E-state index is 11.0. The zero-order chi connectivity index (χ0) is 11.7. The third-order valence-electron chi connectivity index (χ3n) is 2.23. The number of nitrogens with zero attached hydrogens (tertiary/aromatic N) is 1. The van der Waals surface area contributed by atoms with Crippen LogP contribution in [-0.2, 0) is 0 Å². The Morgan fingerprint density at radius 3 is 2.88 bits per heavy atom. The minimum atomic E-state index is -1.07. The van der Waals surface area contributed by atoms with Gasteiger partial charge in [-0.25, -0.2) is 9.78 Å². The Kier molecular flexibility index (Phi) is 2.36. The lowest BCUT2D eigenvalue weighted by molar-refractivity contribution is 0.0692. The van der Waals surface area contributed by atoms with Crippen molar-refractivity contribution >= 4 is 11.9 Å². The summed E-state index contributed by atoms with van der Waals surface area (Å²) in [4.78, 5) is 17.5. The number of anilines is 1. The molecule has 5 heteroatoms. The summed E-state index contributed by atoms with van der Waals surface area (Å²) < 4.78 is 0. The largest absolute Gasteiger partial charge is 0.477 e. The second-order valence-electron chi connectivity index (χ2n) is 3.52. The van der Waals surface area contributed by atoms with Crippen LogP contribution < -0.4 is 5.73 Å². The van der Waals surface area contributed by atoms with E-state index < -0.39 is 5.97 Å². The fourth-order valence-corrected chi connectivity index (χ4v) is 1.55. The van der Waals surface area contributed by atoms with Gasteiger partial charge in [-0.05, 0) is 13.0 Å². The second kappa shape index (κ2) is 3.69. The van der Waals surface area contributed by atoms with Crippen LogP contribution in [0, 0.1) is 6.92 Å². The normalized spacial score (nSPS) is 10.3. The van der Waals surface area contributed by atoms with Gasteiger partial charge in [0, 0.05) is 5.56 Å². The molecule has 4 N–H and O–H groups in total. The SMILES string of the molecule is Cc1cccc(-c2nc(N)[nH]c2C(=O)O)c1. The highest BCUT2D eigenvalue weighted by molar-refractivity contribution is 5.93. The molecule has 0 saturated heterocycles. The van der Waals surface area contributed by atoms with E-state index in [4.69, 9.17) is 10.8 Å². The molecule has 16 heavy (non-hydrogen) atoms. The van der Waals surface area contributed by atoms with Crippen molar-refractivity contribution in [2.24, 2.45) is 0 Å². The molecule has 0 amide bonds. The first-order valence-corrected chi connectivity index (χ1v) is 4.73. The Labute approximate surface area is 91.9 Å². The molecule has 0 saturated carbocycles. The maximum Gasteiger partial charge on any atom is 0.354 e. The summed E-state index contributed by atoms with van der Waals surface area (Å²) in [6.45, 7) is 1.93. The number of nitrogens with one attached hydrogen (secondary N) is 1. The van der Waals surface area contributed by atoms with Gasteiger partial charge in [-0.15, -0.1) is 0 Å². The molecule has 0 radical (unpaired) electrons. The van der Waals surface area contributed by atoms with Crippen molar-refractivity contribution < 1.29 is 9.90 Å². The highest BCUT2D eigenvalue weighted by Crippen LogP contribution is 2.23. The fourth-order valence-electron chi connectivity index (χ4n) is 1.55. The quantitative estimate of drug-likeness (QED) is 0.713. The van der Waals surface area contributed by atoms with Gasteiger partial charge in [0.2, 0.25) is 0 Å². The lowest BCUT2D eigenvalue weighted by Gasteiger charge is -1.99. The van der Waals surface area contributed by atoms with Crippen LogP contribution in [-0.4, -0.2) is 21.0 Å². The van der Waals surface area contributed by atoms with Gasteiger partial charge in [-0.2, -0.15) is 0 Å². The van der Waals surface area contributed by atoms with E-state index in [2.05, 4.69) is 9.97 Å². The number of imidazole rings is 1. The number of aromatic nitrogens is 2. The smallest absolute Gasteiger partial charge is 0.354 e. The van der Waals surface area contributed by atoms with Crippen LogP contribution in [0.4, 0.5) is 5.95 Å². The predicted molar refractivity (Wildman–Crippen MR) is 60.1 cm³/mol. The number of nitrogens with two attached hydrogens (primary N) is 1. The number of H-pyrrole nitrogens is 1. The number of aryl methyl sites for hydroxylation is 1. The number of aromatic amines is 1. The van der Waals surface area contributed by atoms with Crippen molar-refractivity contribution in [2.45, 2.75) is 6.92 Å². The zero-order valence-electron chi connectivity index (χ0n) is 8.69. The van der Waals surface area contributed by atoms with Gasteiger partial charge in [0.15, 0.2) is 11.6 Å². The number of carboxylic acids is 1. The van der Waals surface area contributed by atoms with Crippen molar-refractivity contribution in [3.8, 4) is 11.3 Å². The molecule has 2 aromatic rings. The first-order valence-electron chi connectivity index (χ1n) is 4.73. The monoisotopic (exact) mass is 217 g/mol. The lowest BCUT2D eigenvalue weighted by Crippen LogP contribution is -1.99. The summed E-state index contributed by atoms with van der Waals surface area (Å²) in [5, 5.41) is 8.98. The van der Waals surface area contributed by atoms with E-state index in [0.717, 1.165) is 11.1 Å². The molecule has 1 aromatic carbocycles. The molecule has 0 aliphatic carbocycles. The first kappa shape index (κ1) is 10.2. The molecule has 0 aliphatic rings. The van der Waals surface area contributed by atoms with Crippen molar-refractivity contribution in [3.05, 3.63) is 35.5 Å². The van der Waals surface area contributed by atoms with Crippen LogP contribution in [0.3, 0.4) is 0 Å². The van der Waals surface area contributed by atoms with Crippen LogP contribution >= 0.6 is 0 Å². The molecular weight excluding hydrogens is 206 g/mol. The first-order chi connectivity index (χ1) is 7.58. The summed E-state index contributed by atoms with van der Waals surface area (Å²) in [5.41, 5.74) is 7.63. The molecule has 0 aliphatic heterocycles. The predicted octanol–water partition coefficient (Wildman–Crippen LogP) is 1.67. The maximum atomic E-state index is 11.0. The summed E-state index contributed by atoms with van der Waals surface area (Å²) in [5.74, 6) is -0.963. The van der Waals surface area contributed by atoms with Gasteiger partial charge >= 0.3 is 5.97 Å². The Balaban J connectivity index is 2.59. The van der Waals surface area contributed by atoms with Gasteiger partial charge in [0.1, 0.15) is 5.69 Å². The molecule has 1 heterocycles. The van der Waals surface area contributed by atoms with Crippen molar-refractivity contribution in [3.63, 3.8) is 0 Å². The van der Waals surface area contributed by atoms with Crippen molar-refractivity contribution in [2.75, 3.05) is 5.73 Å². The van der Waals surface area contributed by atoms with Gasteiger partial charge < -0.3 is 15.8 Å².